The number of allylic oxidation sites excluding steroid dienone is 1. The average molecular weight is 571 g/mol. The normalized spacial score (nSPS) is 13.0. The molecule has 214 valence electrons. The van der Waals surface area contributed by atoms with Gasteiger partial charge < -0.3 is 15.0 Å². The molecule has 39 heavy (non-hydrogen) atoms. The molecule has 0 fully saturated rings. The third-order valence-electron chi connectivity index (χ3n) is 7.13. The predicted molar refractivity (Wildman–Crippen MR) is 169 cm³/mol. The lowest BCUT2D eigenvalue weighted by molar-refractivity contribution is -0.115. The molecular formula is C33H47ClN2O2S. The van der Waals surface area contributed by atoms with Gasteiger partial charge in [0.15, 0.2) is 0 Å². The van der Waals surface area contributed by atoms with Crippen LogP contribution >= 0.6 is 23.4 Å². The van der Waals surface area contributed by atoms with E-state index in [0.29, 0.717) is 11.6 Å². The predicted octanol–water partition coefficient (Wildman–Crippen LogP) is 9.97. The summed E-state index contributed by atoms with van der Waals surface area (Å²) < 4.78 is 5.92. The van der Waals surface area contributed by atoms with Gasteiger partial charge in [0.1, 0.15) is 5.75 Å². The SMILES string of the molecule is CCCCCCCCCCCCCCOc1ccc(CC(=O)Nc2ccccc2CN2C=C(C)SC2)c(Cl)c1. The lowest BCUT2D eigenvalue weighted by Gasteiger charge is -2.18. The maximum absolute atomic E-state index is 12.8. The zero-order valence-electron chi connectivity index (χ0n) is 24.0. The first kappa shape index (κ1) is 31.4. The first-order chi connectivity index (χ1) is 19.0. The molecule has 0 radical (unpaired) electrons. The summed E-state index contributed by atoms with van der Waals surface area (Å²) in [4.78, 5) is 16.4. The summed E-state index contributed by atoms with van der Waals surface area (Å²) in [6.07, 6.45) is 18.4. The van der Waals surface area contributed by atoms with E-state index in [2.05, 4.69) is 36.3 Å². The van der Waals surface area contributed by atoms with Gasteiger partial charge in [-0.3, -0.25) is 4.79 Å². The van der Waals surface area contributed by atoms with Crippen LogP contribution in [0.5, 0.6) is 5.75 Å². The van der Waals surface area contributed by atoms with Crippen molar-refractivity contribution in [3.8, 4) is 5.75 Å². The van der Waals surface area contributed by atoms with Gasteiger partial charge in [-0.1, -0.05) is 113 Å². The number of unbranched alkanes of at least 4 members (excludes halogenated alkanes) is 11. The molecule has 1 N–H and O–H groups in total. The summed E-state index contributed by atoms with van der Waals surface area (Å²) >= 11 is 8.35. The van der Waals surface area contributed by atoms with Crippen molar-refractivity contribution in [1.29, 1.82) is 0 Å². The van der Waals surface area contributed by atoms with Gasteiger partial charge in [-0.05, 0) is 47.6 Å². The Kier molecular flexibility index (Phi) is 14.7. The highest BCUT2D eigenvalue weighted by Crippen LogP contribution is 2.28. The quantitative estimate of drug-likeness (QED) is 0.171. The molecule has 0 aliphatic carbocycles. The largest absolute Gasteiger partial charge is 0.494 e. The molecule has 0 aromatic heterocycles. The second-order valence-corrected chi connectivity index (χ2v) is 12.2. The molecule has 0 unspecified atom stereocenters. The van der Waals surface area contributed by atoms with E-state index in [-0.39, 0.29) is 12.3 Å². The van der Waals surface area contributed by atoms with Crippen molar-refractivity contribution in [2.45, 2.75) is 104 Å². The Labute approximate surface area is 245 Å². The van der Waals surface area contributed by atoms with Gasteiger partial charge in [0.05, 0.1) is 18.9 Å². The number of carbonyl (C=O) groups excluding carboxylic acids is 1. The molecular weight excluding hydrogens is 524 g/mol. The van der Waals surface area contributed by atoms with Gasteiger partial charge >= 0.3 is 0 Å². The number of halogens is 1. The number of rotatable bonds is 19. The highest BCUT2D eigenvalue weighted by molar-refractivity contribution is 8.03. The topological polar surface area (TPSA) is 41.6 Å². The molecule has 4 nitrogen and oxygen atoms in total. The number of ether oxygens (including phenoxy) is 1. The second-order valence-electron chi connectivity index (χ2n) is 10.6. The van der Waals surface area contributed by atoms with Crippen molar-refractivity contribution >= 4 is 35.0 Å². The lowest BCUT2D eigenvalue weighted by Crippen LogP contribution is -2.18. The Hall–Kier alpha value is -2.11. The Morgan fingerprint density at radius 3 is 2.23 bits per heavy atom. The maximum Gasteiger partial charge on any atom is 0.228 e. The number of amides is 1. The van der Waals surface area contributed by atoms with Crippen LogP contribution in [0.3, 0.4) is 0 Å². The van der Waals surface area contributed by atoms with Crippen LogP contribution in [0, 0.1) is 0 Å². The van der Waals surface area contributed by atoms with Gasteiger partial charge in [0.2, 0.25) is 5.91 Å². The van der Waals surface area contributed by atoms with Crippen LogP contribution in [-0.2, 0) is 17.8 Å². The van der Waals surface area contributed by atoms with E-state index < -0.39 is 0 Å². The molecule has 0 atom stereocenters. The van der Waals surface area contributed by atoms with E-state index >= 15 is 0 Å². The minimum Gasteiger partial charge on any atom is -0.494 e. The van der Waals surface area contributed by atoms with E-state index in [0.717, 1.165) is 41.4 Å². The molecule has 3 rings (SSSR count). The molecule has 2 aromatic carbocycles. The summed E-state index contributed by atoms with van der Waals surface area (Å²) in [5, 5.41) is 3.65. The Bertz CT molecular complexity index is 1040. The number of para-hydroxylation sites is 1. The number of hydrogen-bond donors (Lipinski definition) is 1. The minimum absolute atomic E-state index is 0.0722. The van der Waals surface area contributed by atoms with Crippen LogP contribution in [0.15, 0.2) is 53.6 Å². The fraction of sp³-hybridized carbons (Fsp3) is 0.545. The number of nitrogens with one attached hydrogen (secondary N) is 1. The number of thioether (sulfide) groups is 1. The monoisotopic (exact) mass is 570 g/mol. The van der Waals surface area contributed by atoms with Crippen molar-refractivity contribution in [2.24, 2.45) is 0 Å². The first-order valence-electron chi connectivity index (χ1n) is 14.9. The third kappa shape index (κ3) is 12.3. The van der Waals surface area contributed by atoms with Crippen molar-refractivity contribution in [3.63, 3.8) is 0 Å². The zero-order valence-corrected chi connectivity index (χ0v) is 25.6. The minimum atomic E-state index is -0.0722. The van der Waals surface area contributed by atoms with E-state index in [1.165, 1.54) is 75.5 Å². The Balaban J connectivity index is 1.31. The maximum atomic E-state index is 12.8. The van der Waals surface area contributed by atoms with Crippen molar-refractivity contribution in [3.05, 3.63) is 69.7 Å². The van der Waals surface area contributed by atoms with E-state index in [1.807, 2.05) is 48.2 Å². The van der Waals surface area contributed by atoms with E-state index in [9.17, 15) is 4.79 Å². The van der Waals surface area contributed by atoms with Crippen molar-refractivity contribution < 1.29 is 9.53 Å². The standard InChI is InChI=1S/C33H47ClN2O2S/c1-3-4-5-6-7-8-9-10-11-12-13-16-21-38-30-20-19-28(31(34)23-30)22-33(37)35-32-18-15-14-17-29(32)25-36-24-27(2)39-26-36/h14-15,17-20,23-24H,3-13,16,21-22,25-26H2,1-2H3,(H,35,37). The molecule has 0 saturated heterocycles. The average Bonchev–Trinajstić information content (AvgIpc) is 3.33. The van der Waals surface area contributed by atoms with E-state index in [1.54, 1.807) is 0 Å². The van der Waals surface area contributed by atoms with Gasteiger partial charge in [-0.15, -0.1) is 11.8 Å². The zero-order chi connectivity index (χ0) is 27.7. The summed E-state index contributed by atoms with van der Waals surface area (Å²) in [6.45, 7) is 5.87. The van der Waals surface area contributed by atoms with Gasteiger partial charge in [-0.25, -0.2) is 0 Å². The summed E-state index contributed by atoms with van der Waals surface area (Å²) in [5.41, 5.74) is 2.76. The van der Waals surface area contributed by atoms with Crippen LogP contribution in [0.25, 0.3) is 0 Å². The molecule has 6 heteroatoms. The van der Waals surface area contributed by atoms with Crippen LogP contribution < -0.4 is 10.1 Å². The number of hydrogen-bond acceptors (Lipinski definition) is 4. The van der Waals surface area contributed by atoms with Crippen LogP contribution in [0.2, 0.25) is 5.02 Å². The third-order valence-corrected chi connectivity index (χ3v) is 8.50. The van der Waals surface area contributed by atoms with Crippen molar-refractivity contribution in [1.82, 2.24) is 4.90 Å². The molecule has 0 spiro atoms. The van der Waals surface area contributed by atoms with E-state index in [4.69, 9.17) is 16.3 Å². The summed E-state index contributed by atoms with van der Waals surface area (Å²) in [7, 11) is 0. The summed E-state index contributed by atoms with van der Waals surface area (Å²) in [6, 6.07) is 13.6. The number of nitrogens with zero attached hydrogens (tertiary/aromatic N) is 1. The number of anilines is 1. The smallest absolute Gasteiger partial charge is 0.228 e. The highest BCUT2D eigenvalue weighted by atomic mass is 35.5. The van der Waals surface area contributed by atoms with Gasteiger partial charge in [0.25, 0.3) is 0 Å². The molecule has 0 bridgehead atoms. The molecule has 1 aliphatic rings. The fourth-order valence-corrected chi connectivity index (χ4v) is 5.86. The molecule has 2 aromatic rings. The molecule has 0 saturated carbocycles. The second kappa shape index (κ2) is 18.3. The molecule has 1 heterocycles. The van der Waals surface area contributed by atoms with Crippen LogP contribution in [0.4, 0.5) is 5.69 Å². The molecule has 1 aliphatic heterocycles. The molecule has 1 amide bonds. The number of carbonyl (C=O) groups is 1. The summed E-state index contributed by atoms with van der Waals surface area (Å²) in [5.74, 6) is 1.64. The van der Waals surface area contributed by atoms with Crippen molar-refractivity contribution in [2.75, 3.05) is 17.8 Å². The first-order valence-corrected chi connectivity index (χ1v) is 16.3. The van der Waals surface area contributed by atoms with Gasteiger partial charge in [0, 0.05) is 23.5 Å². The highest BCUT2D eigenvalue weighted by Gasteiger charge is 2.14. The lowest BCUT2D eigenvalue weighted by atomic mass is 10.1. The van der Waals surface area contributed by atoms with Crippen LogP contribution in [-0.4, -0.2) is 23.3 Å². The van der Waals surface area contributed by atoms with Gasteiger partial charge in [-0.2, -0.15) is 0 Å². The fourth-order valence-electron chi connectivity index (χ4n) is 4.87. The number of benzene rings is 2. The Morgan fingerprint density at radius 1 is 0.923 bits per heavy atom. The van der Waals surface area contributed by atoms with Crippen LogP contribution in [0.1, 0.15) is 102 Å². The Morgan fingerprint density at radius 2 is 1.59 bits per heavy atom.